The van der Waals surface area contributed by atoms with Crippen LogP contribution in [0.15, 0.2) is 34.2 Å². The number of aliphatic imine (C=N–C) groups is 1. The second kappa shape index (κ2) is 6.07. The molecule has 2 rings (SSSR count). The summed E-state index contributed by atoms with van der Waals surface area (Å²) >= 11 is 1.74. The molecule has 1 fully saturated rings. The summed E-state index contributed by atoms with van der Waals surface area (Å²) in [6.07, 6.45) is 7.03. The Morgan fingerprint density at radius 2 is 1.94 bits per heavy atom. The van der Waals surface area contributed by atoms with E-state index >= 15 is 0 Å². The molecule has 17 heavy (non-hydrogen) atoms. The fraction of sp³-hybridized carbons (Fsp3) is 0.462. The first kappa shape index (κ1) is 12.5. The number of thioether (sulfide) groups is 1. The van der Waals surface area contributed by atoms with Gasteiger partial charge in [-0.05, 0) is 31.2 Å². The first-order valence-corrected chi connectivity index (χ1v) is 7.25. The van der Waals surface area contributed by atoms with Crippen LogP contribution in [0.5, 0.6) is 0 Å². The van der Waals surface area contributed by atoms with Gasteiger partial charge in [0.1, 0.15) is 5.84 Å². The standard InChI is InChI=1S/C13H19N3S/c1-17-12-8-6-10(7-9-12)13(16-14)15-11-4-2-3-5-11/h6-9,11H,2-5,14H2,1H3,(H,15,16). The normalized spacial score (nSPS) is 17.4. The largest absolute Gasteiger partial charge is 0.308 e. The lowest BCUT2D eigenvalue weighted by molar-refractivity contribution is 0.701. The van der Waals surface area contributed by atoms with Gasteiger partial charge < -0.3 is 5.43 Å². The molecule has 1 saturated carbocycles. The Morgan fingerprint density at radius 3 is 2.47 bits per heavy atom. The summed E-state index contributed by atoms with van der Waals surface area (Å²) in [4.78, 5) is 5.95. The Morgan fingerprint density at radius 1 is 1.29 bits per heavy atom. The van der Waals surface area contributed by atoms with Crippen molar-refractivity contribution in [2.24, 2.45) is 10.8 Å². The fourth-order valence-electron chi connectivity index (χ4n) is 2.16. The molecular weight excluding hydrogens is 230 g/mol. The minimum Gasteiger partial charge on any atom is -0.308 e. The van der Waals surface area contributed by atoms with Crippen LogP contribution in [0, 0.1) is 0 Å². The van der Waals surface area contributed by atoms with Crippen molar-refractivity contribution in [2.75, 3.05) is 6.26 Å². The Hall–Kier alpha value is -1.00. The van der Waals surface area contributed by atoms with Crippen LogP contribution in [-0.2, 0) is 0 Å². The van der Waals surface area contributed by atoms with Crippen LogP contribution in [0.25, 0.3) is 0 Å². The lowest BCUT2D eigenvalue weighted by Crippen LogP contribution is -2.32. The summed E-state index contributed by atoms with van der Waals surface area (Å²) in [7, 11) is 0. The number of hydrogen-bond acceptors (Lipinski definition) is 3. The summed E-state index contributed by atoms with van der Waals surface area (Å²) in [5.74, 6) is 6.38. The van der Waals surface area contributed by atoms with Crippen LogP contribution in [0.3, 0.4) is 0 Å². The lowest BCUT2D eigenvalue weighted by Gasteiger charge is -2.10. The van der Waals surface area contributed by atoms with E-state index in [0.717, 1.165) is 11.4 Å². The second-order valence-corrected chi connectivity index (χ2v) is 5.17. The molecule has 0 unspecified atom stereocenters. The SMILES string of the molecule is CSc1ccc(C(=NC2CCCC2)NN)cc1. The number of benzene rings is 1. The quantitative estimate of drug-likeness (QED) is 0.284. The zero-order chi connectivity index (χ0) is 12.1. The van der Waals surface area contributed by atoms with Gasteiger partial charge in [0.15, 0.2) is 0 Å². The van der Waals surface area contributed by atoms with Crippen LogP contribution in [0.2, 0.25) is 0 Å². The molecule has 0 radical (unpaired) electrons. The molecule has 0 heterocycles. The van der Waals surface area contributed by atoms with E-state index < -0.39 is 0 Å². The Kier molecular flexibility index (Phi) is 4.45. The topological polar surface area (TPSA) is 50.4 Å². The molecule has 3 N–H and O–H groups in total. The zero-order valence-electron chi connectivity index (χ0n) is 10.1. The smallest absolute Gasteiger partial charge is 0.142 e. The van der Waals surface area contributed by atoms with Gasteiger partial charge in [-0.15, -0.1) is 11.8 Å². The highest BCUT2D eigenvalue weighted by Crippen LogP contribution is 2.22. The van der Waals surface area contributed by atoms with Crippen molar-refractivity contribution in [1.82, 2.24) is 5.43 Å². The Bertz CT molecular complexity index is 380. The lowest BCUT2D eigenvalue weighted by atomic mass is 10.2. The molecule has 0 spiro atoms. The number of nitrogens with one attached hydrogen (secondary N) is 1. The molecular formula is C13H19N3S. The van der Waals surface area contributed by atoms with Gasteiger partial charge >= 0.3 is 0 Å². The van der Waals surface area contributed by atoms with Crippen molar-refractivity contribution in [1.29, 1.82) is 0 Å². The molecule has 1 aromatic carbocycles. The summed E-state index contributed by atoms with van der Waals surface area (Å²) in [6.45, 7) is 0. The van der Waals surface area contributed by atoms with Gasteiger partial charge in [-0.2, -0.15) is 0 Å². The molecule has 4 heteroatoms. The minimum atomic E-state index is 0.446. The summed E-state index contributed by atoms with van der Waals surface area (Å²) in [5.41, 5.74) is 3.79. The third-order valence-electron chi connectivity index (χ3n) is 3.14. The molecule has 0 atom stereocenters. The van der Waals surface area contributed by atoms with E-state index in [0.29, 0.717) is 6.04 Å². The summed E-state index contributed by atoms with van der Waals surface area (Å²) < 4.78 is 0. The van der Waals surface area contributed by atoms with E-state index in [2.05, 4.69) is 35.9 Å². The maximum atomic E-state index is 5.57. The highest BCUT2D eigenvalue weighted by Gasteiger charge is 2.15. The van der Waals surface area contributed by atoms with Crippen molar-refractivity contribution in [3.8, 4) is 0 Å². The second-order valence-electron chi connectivity index (χ2n) is 4.29. The molecule has 0 saturated heterocycles. The van der Waals surface area contributed by atoms with Crippen LogP contribution < -0.4 is 11.3 Å². The van der Waals surface area contributed by atoms with Crippen LogP contribution in [-0.4, -0.2) is 18.1 Å². The monoisotopic (exact) mass is 249 g/mol. The summed E-state index contributed by atoms with van der Waals surface area (Å²) in [5, 5.41) is 0. The number of nitrogens with two attached hydrogens (primary N) is 1. The fourth-order valence-corrected chi connectivity index (χ4v) is 2.57. The van der Waals surface area contributed by atoms with Gasteiger partial charge in [0.25, 0.3) is 0 Å². The van der Waals surface area contributed by atoms with Gasteiger partial charge in [-0.25, -0.2) is 5.84 Å². The first-order valence-electron chi connectivity index (χ1n) is 6.02. The van der Waals surface area contributed by atoms with E-state index in [9.17, 15) is 0 Å². The van der Waals surface area contributed by atoms with Crippen molar-refractivity contribution in [3.05, 3.63) is 29.8 Å². The molecule has 3 nitrogen and oxygen atoms in total. The molecule has 92 valence electrons. The van der Waals surface area contributed by atoms with Gasteiger partial charge in [0.2, 0.25) is 0 Å². The van der Waals surface area contributed by atoms with E-state index in [1.807, 2.05) is 0 Å². The predicted octanol–water partition coefficient (Wildman–Crippen LogP) is 2.56. The van der Waals surface area contributed by atoms with Crippen molar-refractivity contribution in [2.45, 2.75) is 36.6 Å². The molecule has 0 amide bonds. The van der Waals surface area contributed by atoms with Gasteiger partial charge in [0, 0.05) is 10.5 Å². The van der Waals surface area contributed by atoms with Crippen molar-refractivity contribution < 1.29 is 0 Å². The van der Waals surface area contributed by atoms with E-state index in [1.54, 1.807) is 11.8 Å². The van der Waals surface area contributed by atoms with Crippen LogP contribution in [0.1, 0.15) is 31.2 Å². The third-order valence-corrected chi connectivity index (χ3v) is 3.88. The van der Waals surface area contributed by atoms with E-state index in [1.165, 1.54) is 30.6 Å². The highest BCUT2D eigenvalue weighted by molar-refractivity contribution is 7.98. The van der Waals surface area contributed by atoms with Crippen molar-refractivity contribution in [3.63, 3.8) is 0 Å². The average Bonchev–Trinajstić information content (AvgIpc) is 2.89. The Balaban J connectivity index is 2.15. The number of nitrogens with zero attached hydrogens (tertiary/aromatic N) is 1. The van der Waals surface area contributed by atoms with Gasteiger partial charge in [-0.3, -0.25) is 4.99 Å². The zero-order valence-corrected chi connectivity index (χ0v) is 11.0. The highest BCUT2D eigenvalue weighted by atomic mass is 32.2. The molecule has 0 aliphatic heterocycles. The molecule has 1 aliphatic carbocycles. The van der Waals surface area contributed by atoms with Crippen molar-refractivity contribution >= 4 is 17.6 Å². The first-order chi connectivity index (χ1) is 8.33. The maximum Gasteiger partial charge on any atom is 0.142 e. The third kappa shape index (κ3) is 3.23. The molecule has 0 aromatic heterocycles. The van der Waals surface area contributed by atoms with Gasteiger partial charge in [-0.1, -0.05) is 25.0 Å². The number of hydrazine groups is 1. The maximum absolute atomic E-state index is 5.57. The Labute approximate surface area is 107 Å². The number of hydrogen-bond donors (Lipinski definition) is 2. The van der Waals surface area contributed by atoms with Gasteiger partial charge in [0.05, 0.1) is 6.04 Å². The van der Waals surface area contributed by atoms with E-state index in [4.69, 9.17) is 10.8 Å². The van der Waals surface area contributed by atoms with Crippen LogP contribution >= 0.6 is 11.8 Å². The molecule has 1 aromatic rings. The van der Waals surface area contributed by atoms with Crippen LogP contribution in [0.4, 0.5) is 0 Å². The molecule has 1 aliphatic rings. The number of amidine groups is 1. The van der Waals surface area contributed by atoms with E-state index in [-0.39, 0.29) is 0 Å². The number of rotatable bonds is 3. The molecule has 0 bridgehead atoms. The minimum absolute atomic E-state index is 0.446. The summed E-state index contributed by atoms with van der Waals surface area (Å²) in [6, 6.07) is 8.78. The predicted molar refractivity (Wildman–Crippen MR) is 74.3 cm³/mol. The average molecular weight is 249 g/mol.